The summed E-state index contributed by atoms with van der Waals surface area (Å²) in [5.41, 5.74) is 0.690. The van der Waals surface area contributed by atoms with E-state index in [2.05, 4.69) is 45.2 Å². The van der Waals surface area contributed by atoms with E-state index in [0.717, 1.165) is 0 Å². The van der Waals surface area contributed by atoms with Gasteiger partial charge in [0.15, 0.2) is 15.1 Å². The van der Waals surface area contributed by atoms with E-state index in [1.807, 2.05) is 28.1 Å². The lowest BCUT2D eigenvalue weighted by molar-refractivity contribution is -0.884. The van der Waals surface area contributed by atoms with Crippen molar-refractivity contribution in [2.45, 2.75) is 20.5 Å². The molecule has 0 aromatic rings. The second kappa shape index (κ2) is 7.35. The first-order chi connectivity index (χ1) is 10.0. The molecule has 3 atom stereocenters. The van der Waals surface area contributed by atoms with Crippen LogP contribution in [-0.2, 0) is 19.0 Å². The maximum absolute atomic E-state index is 12.9. The molecule has 7 heteroatoms. The first-order valence-electron chi connectivity index (χ1n) is 6.82. The third kappa shape index (κ3) is 3.62. The quantitative estimate of drug-likeness (QED) is 0.298. The minimum Gasteiger partial charge on any atom is -0.493 e. The highest BCUT2D eigenvalue weighted by Gasteiger charge is 2.50. The molecule has 0 radical (unpaired) electrons. The van der Waals surface area contributed by atoms with Crippen LogP contribution in [0.1, 0.15) is 6.92 Å². The van der Waals surface area contributed by atoms with Crippen molar-refractivity contribution >= 4 is 51.0 Å². The van der Waals surface area contributed by atoms with Crippen LogP contribution in [0.4, 0.5) is 0 Å². The van der Waals surface area contributed by atoms with E-state index in [4.69, 9.17) is 14.2 Å². The largest absolute Gasteiger partial charge is 0.493 e. The van der Waals surface area contributed by atoms with Gasteiger partial charge in [-0.15, -0.1) is 0 Å². The van der Waals surface area contributed by atoms with E-state index in [0.29, 0.717) is 21.6 Å². The van der Waals surface area contributed by atoms with Gasteiger partial charge in [0, 0.05) is 12.7 Å². The second-order valence-corrected chi connectivity index (χ2v) is 8.92. The number of Topliss-reactive ketones (excluding diaryl/α,β-unsaturated/α-hetero) is 1. The molecule has 0 aliphatic heterocycles. The number of ether oxygens (including phenoxy) is 3. The van der Waals surface area contributed by atoms with Gasteiger partial charge in [-0.3, -0.25) is 4.79 Å². The summed E-state index contributed by atoms with van der Waals surface area (Å²) in [6.45, 7) is 1.94. The molecule has 1 aliphatic rings. The lowest BCUT2D eigenvalue weighted by Gasteiger charge is -2.38. The van der Waals surface area contributed by atoms with E-state index < -0.39 is 3.61 Å². The number of ketones is 1. The summed E-state index contributed by atoms with van der Waals surface area (Å²) in [6, 6.07) is -0.164. The number of quaternary nitrogens is 1. The summed E-state index contributed by atoms with van der Waals surface area (Å²) in [7, 11) is 10.8. The number of hydrogen-bond acceptors (Lipinski definition) is 4. The van der Waals surface area contributed by atoms with Crippen LogP contribution in [0.2, 0.25) is 0 Å². The Labute approximate surface area is 159 Å². The summed E-state index contributed by atoms with van der Waals surface area (Å²) in [5.74, 6) is 1.21. The predicted octanol–water partition coefficient (Wildman–Crippen LogP) is 2.68. The van der Waals surface area contributed by atoms with Gasteiger partial charge in [-0.2, -0.15) is 0 Å². The van der Waals surface area contributed by atoms with Crippen LogP contribution < -0.4 is 0 Å². The lowest BCUT2D eigenvalue weighted by Crippen LogP contribution is -2.51. The Hall–Kier alpha value is 0.130. The zero-order valence-electron chi connectivity index (χ0n) is 14.1. The normalized spacial score (nSPS) is 27.3. The average Bonchev–Trinajstić information content (AvgIpc) is 2.47. The minimum absolute atomic E-state index is 0.0923. The fourth-order valence-corrected chi connectivity index (χ4v) is 3.98. The fraction of sp³-hybridized carbons (Fsp3) is 0.667. The molecule has 0 aromatic heterocycles. The SMILES string of the molecule is COC1=C(OC)C(I)(OC)C(I)C(C(=O)C(C)[N+](C)(C)C)=C1. The first kappa shape index (κ1) is 20.2. The molecule has 0 heterocycles. The van der Waals surface area contributed by atoms with Crippen molar-refractivity contribution in [3.63, 3.8) is 0 Å². The van der Waals surface area contributed by atoms with E-state index in [1.165, 1.54) is 0 Å². The van der Waals surface area contributed by atoms with Gasteiger partial charge in [0.1, 0.15) is 6.04 Å². The smallest absolute Gasteiger partial charge is 0.217 e. The van der Waals surface area contributed by atoms with Crippen LogP contribution in [-0.4, -0.2) is 66.3 Å². The summed E-state index contributed by atoms with van der Waals surface area (Å²) >= 11 is 4.42. The molecule has 0 bridgehead atoms. The molecule has 3 unspecified atom stereocenters. The number of rotatable bonds is 6. The molecule has 0 aromatic carbocycles. The minimum atomic E-state index is -0.775. The molecule has 1 rings (SSSR count). The Morgan fingerprint density at radius 3 is 2.18 bits per heavy atom. The van der Waals surface area contributed by atoms with Crippen molar-refractivity contribution in [2.75, 3.05) is 42.5 Å². The van der Waals surface area contributed by atoms with E-state index in [1.54, 1.807) is 27.4 Å². The van der Waals surface area contributed by atoms with Gasteiger partial charge >= 0.3 is 0 Å². The van der Waals surface area contributed by atoms with E-state index >= 15 is 0 Å². The summed E-state index contributed by atoms with van der Waals surface area (Å²) in [4.78, 5) is 12.9. The Bertz CT molecular complexity index is 510. The highest BCUT2D eigenvalue weighted by molar-refractivity contribution is 14.1. The molecule has 0 amide bonds. The highest BCUT2D eigenvalue weighted by atomic mass is 127. The number of allylic oxidation sites excluding steroid dienone is 1. The maximum atomic E-state index is 12.9. The molecule has 22 heavy (non-hydrogen) atoms. The molecular formula is C15H24I2NO4+. The number of likely N-dealkylation sites (N-methyl/N-ethyl adjacent to an activating group) is 1. The van der Waals surface area contributed by atoms with Gasteiger partial charge in [-0.1, -0.05) is 22.6 Å². The highest BCUT2D eigenvalue weighted by Crippen LogP contribution is 2.46. The van der Waals surface area contributed by atoms with E-state index in [9.17, 15) is 4.79 Å². The van der Waals surface area contributed by atoms with Crippen LogP contribution in [0.25, 0.3) is 0 Å². The number of methoxy groups -OCH3 is 3. The predicted molar refractivity (Wildman–Crippen MR) is 103 cm³/mol. The standard InChI is InChI=1S/C15H24I2NO4/c1-9(18(2,3)4)12(19)10-8-11(20-5)14(21-6)15(17,22-7)13(10)16/h8-9,13H,1-7H3/q+1. The van der Waals surface area contributed by atoms with Gasteiger partial charge in [0.2, 0.25) is 5.78 Å². The summed E-state index contributed by atoms with van der Waals surface area (Å²) < 4.78 is 16.2. The average molecular weight is 536 g/mol. The number of halogens is 2. The van der Waals surface area contributed by atoms with Crippen molar-refractivity contribution in [1.82, 2.24) is 0 Å². The monoisotopic (exact) mass is 536 g/mol. The zero-order valence-corrected chi connectivity index (χ0v) is 18.4. The van der Waals surface area contributed by atoms with Crippen LogP contribution in [0.3, 0.4) is 0 Å². The molecule has 0 fully saturated rings. The van der Waals surface area contributed by atoms with Gasteiger partial charge in [-0.25, -0.2) is 0 Å². The molecule has 0 N–H and O–H groups in total. The zero-order chi connectivity index (χ0) is 17.3. The van der Waals surface area contributed by atoms with Crippen LogP contribution in [0.5, 0.6) is 0 Å². The molecular weight excluding hydrogens is 512 g/mol. The third-order valence-corrected chi connectivity index (χ3v) is 8.26. The van der Waals surface area contributed by atoms with Gasteiger partial charge in [0.05, 0.1) is 39.3 Å². The number of nitrogens with zero attached hydrogens (tertiary/aromatic N) is 1. The first-order valence-corrected chi connectivity index (χ1v) is 9.14. The van der Waals surface area contributed by atoms with Crippen molar-refractivity contribution in [3.8, 4) is 0 Å². The lowest BCUT2D eigenvalue weighted by atomic mass is 9.92. The number of carbonyl (C=O) groups excluding carboxylic acids is 1. The van der Waals surface area contributed by atoms with Crippen molar-refractivity contribution in [3.05, 3.63) is 23.2 Å². The third-order valence-electron chi connectivity index (χ3n) is 3.97. The van der Waals surface area contributed by atoms with Crippen LogP contribution in [0, 0.1) is 0 Å². The molecule has 126 valence electrons. The Kier molecular flexibility index (Phi) is 6.74. The summed E-state index contributed by atoms with van der Waals surface area (Å²) in [5, 5.41) is 0. The van der Waals surface area contributed by atoms with Crippen molar-refractivity contribution < 1.29 is 23.5 Å². The van der Waals surface area contributed by atoms with Crippen LogP contribution in [0.15, 0.2) is 23.2 Å². The Morgan fingerprint density at radius 1 is 1.27 bits per heavy atom. The topological polar surface area (TPSA) is 44.8 Å². The Morgan fingerprint density at radius 2 is 1.82 bits per heavy atom. The molecule has 0 saturated heterocycles. The van der Waals surface area contributed by atoms with Crippen LogP contribution >= 0.6 is 45.2 Å². The Balaban J connectivity index is 3.40. The van der Waals surface area contributed by atoms with Crippen molar-refractivity contribution in [1.29, 1.82) is 0 Å². The summed E-state index contributed by atoms with van der Waals surface area (Å²) in [6.07, 6.45) is 1.78. The maximum Gasteiger partial charge on any atom is 0.217 e. The van der Waals surface area contributed by atoms with Crippen molar-refractivity contribution in [2.24, 2.45) is 0 Å². The number of carbonyl (C=O) groups is 1. The number of alkyl halides is 2. The number of hydrogen-bond donors (Lipinski definition) is 0. The molecule has 0 saturated carbocycles. The van der Waals surface area contributed by atoms with Gasteiger partial charge in [-0.05, 0) is 35.6 Å². The second-order valence-electron chi connectivity index (χ2n) is 6.07. The van der Waals surface area contributed by atoms with Gasteiger partial charge in [0.25, 0.3) is 0 Å². The molecule has 5 nitrogen and oxygen atoms in total. The molecule has 0 spiro atoms. The molecule has 1 aliphatic carbocycles. The van der Waals surface area contributed by atoms with Gasteiger partial charge < -0.3 is 18.7 Å². The van der Waals surface area contributed by atoms with E-state index in [-0.39, 0.29) is 15.7 Å². The fourth-order valence-electron chi connectivity index (χ4n) is 2.14.